The summed E-state index contributed by atoms with van der Waals surface area (Å²) in [7, 11) is 0. The quantitative estimate of drug-likeness (QED) is 0.896. The van der Waals surface area contributed by atoms with Crippen molar-refractivity contribution >= 4 is 17.4 Å². The fraction of sp³-hybridized carbons (Fsp3) is 0.462. The van der Waals surface area contributed by atoms with Crippen LogP contribution in [0, 0.1) is 5.82 Å². The topological polar surface area (TPSA) is 29.1 Å². The number of ketones is 1. The molecular formula is C13H15ClFNO. The van der Waals surface area contributed by atoms with Crippen molar-refractivity contribution in [2.45, 2.75) is 31.7 Å². The van der Waals surface area contributed by atoms with Gasteiger partial charge in [0.15, 0.2) is 0 Å². The number of carbonyl (C=O) groups excluding carboxylic acids is 1. The molecule has 0 spiro atoms. The van der Waals surface area contributed by atoms with Crippen LogP contribution in [0.4, 0.5) is 4.39 Å². The maximum Gasteiger partial charge on any atom is 0.142 e. The predicted octanol–water partition coefficient (Wildman–Crippen LogP) is 2.73. The van der Waals surface area contributed by atoms with Crippen LogP contribution >= 0.6 is 11.6 Å². The zero-order valence-corrected chi connectivity index (χ0v) is 10.3. The second-order valence-electron chi connectivity index (χ2n) is 4.46. The van der Waals surface area contributed by atoms with Gasteiger partial charge in [-0.15, -0.1) is 0 Å². The van der Waals surface area contributed by atoms with Gasteiger partial charge in [-0.3, -0.25) is 4.79 Å². The Kier molecular flexibility index (Phi) is 4.13. The summed E-state index contributed by atoms with van der Waals surface area (Å²) in [4.78, 5) is 11.8. The third-order valence-electron chi connectivity index (χ3n) is 3.02. The second kappa shape index (κ2) is 5.61. The molecule has 2 rings (SSSR count). The number of halogens is 2. The fourth-order valence-corrected chi connectivity index (χ4v) is 2.27. The average molecular weight is 256 g/mol. The van der Waals surface area contributed by atoms with Crippen LogP contribution in [0.15, 0.2) is 18.2 Å². The SMILES string of the molecule is O=C(Cc1ccc(Cl)c(F)c1)CC1CCCN1. The summed E-state index contributed by atoms with van der Waals surface area (Å²) >= 11 is 5.58. The van der Waals surface area contributed by atoms with Gasteiger partial charge in [-0.1, -0.05) is 17.7 Å². The molecule has 92 valence electrons. The lowest BCUT2D eigenvalue weighted by Gasteiger charge is -2.08. The maximum atomic E-state index is 13.2. The van der Waals surface area contributed by atoms with E-state index in [0.717, 1.165) is 19.4 Å². The first kappa shape index (κ1) is 12.5. The van der Waals surface area contributed by atoms with Gasteiger partial charge in [-0.25, -0.2) is 4.39 Å². The van der Waals surface area contributed by atoms with Crippen molar-refractivity contribution in [2.24, 2.45) is 0 Å². The molecule has 1 aliphatic rings. The lowest BCUT2D eigenvalue weighted by atomic mass is 10.0. The summed E-state index contributed by atoms with van der Waals surface area (Å²) < 4.78 is 13.2. The number of Topliss-reactive ketones (excluding diaryl/α,β-unsaturated/α-hetero) is 1. The van der Waals surface area contributed by atoms with Crippen molar-refractivity contribution in [1.82, 2.24) is 5.32 Å². The van der Waals surface area contributed by atoms with Gasteiger partial charge in [-0.05, 0) is 37.1 Å². The van der Waals surface area contributed by atoms with Gasteiger partial charge in [0.25, 0.3) is 0 Å². The molecule has 0 aromatic heterocycles. The van der Waals surface area contributed by atoms with Crippen molar-refractivity contribution < 1.29 is 9.18 Å². The zero-order valence-electron chi connectivity index (χ0n) is 9.51. The number of hydrogen-bond donors (Lipinski definition) is 1. The molecule has 1 heterocycles. The molecule has 1 aromatic rings. The Bertz CT molecular complexity index is 416. The Morgan fingerprint density at radius 1 is 1.53 bits per heavy atom. The molecule has 1 atom stereocenters. The molecule has 1 saturated heterocycles. The minimum absolute atomic E-state index is 0.0960. The molecule has 17 heavy (non-hydrogen) atoms. The Morgan fingerprint density at radius 3 is 3.00 bits per heavy atom. The Labute approximate surface area is 105 Å². The summed E-state index contributed by atoms with van der Waals surface area (Å²) in [5.41, 5.74) is 0.690. The van der Waals surface area contributed by atoms with Crippen LogP contribution in [0.1, 0.15) is 24.8 Å². The molecule has 1 aromatic carbocycles. The molecule has 0 saturated carbocycles. The summed E-state index contributed by atoms with van der Waals surface area (Å²) in [6.07, 6.45) is 3.00. The minimum Gasteiger partial charge on any atom is -0.314 e. The summed E-state index contributed by atoms with van der Waals surface area (Å²) in [5, 5.41) is 3.37. The van der Waals surface area contributed by atoms with E-state index in [1.807, 2.05) is 0 Å². The molecule has 1 N–H and O–H groups in total. The van der Waals surface area contributed by atoms with E-state index >= 15 is 0 Å². The highest BCUT2D eigenvalue weighted by Crippen LogP contribution is 2.17. The van der Waals surface area contributed by atoms with Crippen LogP contribution < -0.4 is 5.32 Å². The van der Waals surface area contributed by atoms with Crippen LogP contribution in [0.3, 0.4) is 0 Å². The molecule has 4 heteroatoms. The lowest BCUT2D eigenvalue weighted by Crippen LogP contribution is -2.25. The van der Waals surface area contributed by atoms with Crippen molar-refractivity contribution in [1.29, 1.82) is 0 Å². The summed E-state index contributed by atoms with van der Waals surface area (Å²) in [5.74, 6) is -0.318. The van der Waals surface area contributed by atoms with E-state index in [2.05, 4.69) is 5.32 Å². The van der Waals surface area contributed by atoms with Gasteiger partial charge in [0.2, 0.25) is 0 Å². The molecule has 0 amide bonds. The van der Waals surface area contributed by atoms with Crippen LogP contribution in [-0.2, 0) is 11.2 Å². The average Bonchev–Trinajstić information content (AvgIpc) is 2.76. The van der Waals surface area contributed by atoms with E-state index in [9.17, 15) is 9.18 Å². The third kappa shape index (κ3) is 3.51. The van der Waals surface area contributed by atoms with Crippen LogP contribution in [0.5, 0.6) is 0 Å². The molecule has 0 aliphatic carbocycles. The van der Waals surface area contributed by atoms with E-state index in [0.29, 0.717) is 18.0 Å². The molecular weight excluding hydrogens is 241 g/mol. The number of hydrogen-bond acceptors (Lipinski definition) is 2. The summed E-state index contributed by atoms with van der Waals surface area (Å²) in [6.45, 7) is 0.994. The Morgan fingerprint density at radius 2 is 2.35 bits per heavy atom. The molecule has 1 unspecified atom stereocenters. The monoisotopic (exact) mass is 255 g/mol. The van der Waals surface area contributed by atoms with Crippen LogP contribution in [0.2, 0.25) is 5.02 Å². The number of carbonyl (C=O) groups is 1. The Hall–Kier alpha value is -0.930. The van der Waals surface area contributed by atoms with E-state index in [1.165, 1.54) is 12.1 Å². The zero-order chi connectivity index (χ0) is 12.3. The Balaban J connectivity index is 1.90. The normalized spacial score (nSPS) is 19.5. The first-order valence-electron chi connectivity index (χ1n) is 5.84. The second-order valence-corrected chi connectivity index (χ2v) is 4.87. The van der Waals surface area contributed by atoms with E-state index in [1.54, 1.807) is 6.07 Å². The van der Waals surface area contributed by atoms with Gasteiger partial charge >= 0.3 is 0 Å². The first-order chi connectivity index (χ1) is 8.15. The van der Waals surface area contributed by atoms with Crippen LogP contribution in [0.25, 0.3) is 0 Å². The van der Waals surface area contributed by atoms with Gasteiger partial charge < -0.3 is 5.32 Å². The van der Waals surface area contributed by atoms with Crippen LogP contribution in [-0.4, -0.2) is 18.4 Å². The highest BCUT2D eigenvalue weighted by atomic mass is 35.5. The highest BCUT2D eigenvalue weighted by Gasteiger charge is 2.17. The summed E-state index contributed by atoms with van der Waals surface area (Å²) in [6, 6.07) is 4.83. The van der Waals surface area contributed by atoms with Gasteiger partial charge in [-0.2, -0.15) is 0 Å². The largest absolute Gasteiger partial charge is 0.314 e. The molecule has 2 nitrogen and oxygen atoms in total. The van der Waals surface area contributed by atoms with E-state index < -0.39 is 5.82 Å². The molecule has 0 radical (unpaired) electrons. The molecule has 1 aliphatic heterocycles. The van der Waals surface area contributed by atoms with Gasteiger partial charge in [0.05, 0.1) is 5.02 Å². The maximum absolute atomic E-state index is 13.2. The van der Waals surface area contributed by atoms with Crippen molar-refractivity contribution in [3.05, 3.63) is 34.6 Å². The van der Waals surface area contributed by atoms with Crippen molar-refractivity contribution in [3.63, 3.8) is 0 Å². The third-order valence-corrected chi connectivity index (χ3v) is 3.33. The molecule has 0 bridgehead atoms. The van der Waals surface area contributed by atoms with E-state index in [4.69, 9.17) is 11.6 Å². The fourth-order valence-electron chi connectivity index (χ4n) is 2.16. The number of rotatable bonds is 4. The van der Waals surface area contributed by atoms with Crippen molar-refractivity contribution in [2.75, 3.05) is 6.54 Å². The highest BCUT2D eigenvalue weighted by molar-refractivity contribution is 6.30. The minimum atomic E-state index is -0.462. The predicted molar refractivity (Wildman–Crippen MR) is 65.8 cm³/mol. The lowest BCUT2D eigenvalue weighted by molar-refractivity contribution is -0.118. The van der Waals surface area contributed by atoms with E-state index in [-0.39, 0.29) is 17.2 Å². The first-order valence-corrected chi connectivity index (χ1v) is 6.22. The van der Waals surface area contributed by atoms with Crippen molar-refractivity contribution in [3.8, 4) is 0 Å². The smallest absolute Gasteiger partial charge is 0.142 e. The standard InChI is InChI=1S/C13H15ClFNO/c14-12-4-3-9(7-13(12)15)6-11(17)8-10-2-1-5-16-10/h3-4,7,10,16H,1-2,5-6,8H2. The van der Waals surface area contributed by atoms with Gasteiger partial charge in [0.1, 0.15) is 11.6 Å². The number of benzene rings is 1. The number of nitrogens with one attached hydrogen (secondary N) is 1. The van der Waals surface area contributed by atoms with Gasteiger partial charge in [0, 0.05) is 18.9 Å². The molecule has 1 fully saturated rings.